The van der Waals surface area contributed by atoms with Crippen molar-refractivity contribution in [2.24, 2.45) is 0 Å². The number of likely N-dealkylation sites (N-methyl/N-ethyl adjacent to an activating group) is 1. The predicted octanol–water partition coefficient (Wildman–Crippen LogP) is 1.71. The number of rotatable bonds is 4. The maximum atomic E-state index is 12.3. The van der Waals surface area contributed by atoms with Crippen molar-refractivity contribution in [3.8, 4) is 0 Å². The Morgan fingerprint density at radius 2 is 1.90 bits per heavy atom. The van der Waals surface area contributed by atoms with E-state index in [0.29, 0.717) is 17.8 Å². The molecule has 1 aliphatic rings. The van der Waals surface area contributed by atoms with Gasteiger partial charge in [-0.1, -0.05) is 12.8 Å². The fourth-order valence-corrected chi connectivity index (χ4v) is 3.00. The van der Waals surface area contributed by atoms with E-state index in [1.54, 1.807) is 37.2 Å². The van der Waals surface area contributed by atoms with Crippen LogP contribution in [0.15, 0.2) is 18.2 Å². The van der Waals surface area contributed by atoms with Crippen molar-refractivity contribution in [1.82, 2.24) is 4.90 Å². The number of benzene rings is 1. The van der Waals surface area contributed by atoms with Gasteiger partial charge in [0.05, 0.1) is 16.9 Å². The number of hydrogen-bond donors (Lipinski definition) is 2. The molecule has 0 atom stereocenters. The summed E-state index contributed by atoms with van der Waals surface area (Å²) in [7, 11) is 5.36. The SMILES string of the molecule is CN(C)C(=O)c1ccc(N)cc1N(C)CC1(O)CCCC1. The Morgan fingerprint density at radius 3 is 2.48 bits per heavy atom. The number of aliphatic hydroxyl groups is 1. The minimum Gasteiger partial charge on any atom is -0.399 e. The van der Waals surface area contributed by atoms with E-state index in [-0.39, 0.29) is 5.91 Å². The largest absolute Gasteiger partial charge is 0.399 e. The van der Waals surface area contributed by atoms with Gasteiger partial charge in [0.25, 0.3) is 5.91 Å². The van der Waals surface area contributed by atoms with Crippen LogP contribution in [-0.4, -0.2) is 49.2 Å². The van der Waals surface area contributed by atoms with Crippen LogP contribution in [0.5, 0.6) is 0 Å². The zero-order valence-corrected chi connectivity index (χ0v) is 13.1. The molecule has 1 saturated carbocycles. The van der Waals surface area contributed by atoms with Gasteiger partial charge in [-0.25, -0.2) is 0 Å². The molecule has 0 saturated heterocycles. The molecule has 0 unspecified atom stereocenters. The van der Waals surface area contributed by atoms with Gasteiger partial charge in [-0.2, -0.15) is 0 Å². The average molecular weight is 291 g/mol. The first-order valence-electron chi connectivity index (χ1n) is 7.37. The molecule has 1 fully saturated rings. The standard InChI is InChI=1S/C16H25N3O2/c1-18(2)15(20)13-7-6-12(17)10-14(13)19(3)11-16(21)8-4-5-9-16/h6-7,10,21H,4-5,8-9,11,17H2,1-3H3. The maximum Gasteiger partial charge on any atom is 0.255 e. The highest BCUT2D eigenvalue weighted by Crippen LogP contribution is 2.32. The van der Waals surface area contributed by atoms with Crippen molar-refractivity contribution >= 4 is 17.3 Å². The van der Waals surface area contributed by atoms with E-state index >= 15 is 0 Å². The van der Waals surface area contributed by atoms with Crippen LogP contribution in [0, 0.1) is 0 Å². The maximum absolute atomic E-state index is 12.3. The molecule has 5 heteroatoms. The lowest BCUT2D eigenvalue weighted by Crippen LogP contribution is -2.40. The van der Waals surface area contributed by atoms with Gasteiger partial charge in [-0.05, 0) is 31.0 Å². The van der Waals surface area contributed by atoms with Crippen LogP contribution in [0.4, 0.5) is 11.4 Å². The smallest absolute Gasteiger partial charge is 0.255 e. The molecule has 1 aliphatic carbocycles. The lowest BCUT2D eigenvalue weighted by molar-refractivity contribution is 0.0558. The van der Waals surface area contributed by atoms with Gasteiger partial charge in [-0.15, -0.1) is 0 Å². The summed E-state index contributed by atoms with van der Waals surface area (Å²) in [6, 6.07) is 5.29. The first kappa shape index (κ1) is 15.6. The molecule has 2 rings (SSSR count). The molecule has 21 heavy (non-hydrogen) atoms. The second-order valence-electron chi connectivity index (χ2n) is 6.26. The van der Waals surface area contributed by atoms with Gasteiger partial charge in [0.15, 0.2) is 0 Å². The van der Waals surface area contributed by atoms with E-state index in [2.05, 4.69) is 0 Å². The number of nitrogens with two attached hydrogens (primary N) is 1. The Morgan fingerprint density at radius 1 is 1.29 bits per heavy atom. The van der Waals surface area contributed by atoms with Crippen molar-refractivity contribution in [2.75, 3.05) is 38.3 Å². The van der Waals surface area contributed by atoms with Crippen LogP contribution in [0.3, 0.4) is 0 Å². The molecule has 116 valence electrons. The molecule has 0 aromatic heterocycles. The molecular weight excluding hydrogens is 266 g/mol. The number of nitrogen functional groups attached to an aromatic ring is 1. The number of nitrogens with zero attached hydrogens (tertiary/aromatic N) is 2. The van der Waals surface area contributed by atoms with Gasteiger partial charge in [-0.3, -0.25) is 4.79 Å². The van der Waals surface area contributed by atoms with Gasteiger partial charge < -0.3 is 20.6 Å². The fraction of sp³-hybridized carbons (Fsp3) is 0.562. The van der Waals surface area contributed by atoms with Crippen LogP contribution in [-0.2, 0) is 0 Å². The lowest BCUT2D eigenvalue weighted by Gasteiger charge is -2.31. The monoisotopic (exact) mass is 291 g/mol. The lowest BCUT2D eigenvalue weighted by atomic mass is 10.0. The molecule has 0 radical (unpaired) electrons. The Kier molecular flexibility index (Phi) is 4.42. The zero-order valence-electron chi connectivity index (χ0n) is 13.1. The predicted molar refractivity (Wildman–Crippen MR) is 85.6 cm³/mol. The number of carbonyl (C=O) groups excluding carboxylic acids is 1. The van der Waals surface area contributed by atoms with Crippen LogP contribution in [0.1, 0.15) is 36.0 Å². The van der Waals surface area contributed by atoms with E-state index in [1.807, 2.05) is 11.9 Å². The molecule has 3 N–H and O–H groups in total. The molecule has 0 heterocycles. The Bertz CT molecular complexity index is 522. The second-order valence-corrected chi connectivity index (χ2v) is 6.26. The highest BCUT2D eigenvalue weighted by molar-refractivity contribution is 6.00. The number of amides is 1. The van der Waals surface area contributed by atoms with Crippen molar-refractivity contribution < 1.29 is 9.90 Å². The van der Waals surface area contributed by atoms with Crippen LogP contribution in [0.25, 0.3) is 0 Å². The van der Waals surface area contributed by atoms with Crippen molar-refractivity contribution in [3.63, 3.8) is 0 Å². The molecule has 1 amide bonds. The quantitative estimate of drug-likeness (QED) is 0.829. The average Bonchev–Trinajstić information content (AvgIpc) is 2.84. The summed E-state index contributed by atoms with van der Waals surface area (Å²) < 4.78 is 0. The molecular formula is C16H25N3O2. The highest BCUT2D eigenvalue weighted by atomic mass is 16.3. The first-order valence-corrected chi connectivity index (χ1v) is 7.37. The van der Waals surface area contributed by atoms with Gasteiger partial charge in [0.1, 0.15) is 0 Å². The third-order valence-electron chi connectivity index (χ3n) is 4.14. The van der Waals surface area contributed by atoms with E-state index in [4.69, 9.17) is 5.73 Å². The summed E-state index contributed by atoms with van der Waals surface area (Å²) in [6.07, 6.45) is 3.75. The van der Waals surface area contributed by atoms with Crippen LogP contribution < -0.4 is 10.6 Å². The summed E-state index contributed by atoms with van der Waals surface area (Å²) in [5.41, 5.74) is 7.21. The van der Waals surface area contributed by atoms with Gasteiger partial charge in [0.2, 0.25) is 0 Å². The number of carbonyl (C=O) groups is 1. The van der Waals surface area contributed by atoms with E-state index in [9.17, 15) is 9.90 Å². The van der Waals surface area contributed by atoms with Gasteiger partial charge >= 0.3 is 0 Å². The Balaban J connectivity index is 2.28. The zero-order chi connectivity index (χ0) is 15.6. The Labute approximate surface area is 126 Å². The third-order valence-corrected chi connectivity index (χ3v) is 4.14. The summed E-state index contributed by atoms with van der Waals surface area (Å²) in [5, 5.41) is 10.6. The minimum absolute atomic E-state index is 0.0599. The molecule has 1 aromatic carbocycles. The fourth-order valence-electron chi connectivity index (χ4n) is 3.00. The summed E-state index contributed by atoms with van der Waals surface area (Å²) in [6.45, 7) is 0.518. The molecule has 0 bridgehead atoms. The van der Waals surface area contributed by atoms with Gasteiger partial charge in [0, 0.05) is 33.4 Å². The van der Waals surface area contributed by atoms with E-state index in [1.165, 1.54) is 0 Å². The number of hydrogen-bond acceptors (Lipinski definition) is 4. The minimum atomic E-state index is -0.655. The van der Waals surface area contributed by atoms with E-state index in [0.717, 1.165) is 31.4 Å². The Hall–Kier alpha value is -1.75. The number of anilines is 2. The third kappa shape index (κ3) is 3.47. The summed E-state index contributed by atoms with van der Waals surface area (Å²) in [4.78, 5) is 15.8. The van der Waals surface area contributed by atoms with Crippen molar-refractivity contribution in [1.29, 1.82) is 0 Å². The molecule has 5 nitrogen and oxygen atoms in total. The second kappa shape index (κ2) is 5.93. The summed E-state index contributed by atoms with van der Waals surface area (Å²) >= 11 is 0. The normalized spacial score (nSPS) is 16.8. The highest BCUT2D eigenvalue weighted by Gasteiger charge is 2.33. The van der Waals surface area contributed by atoms with Crippen LogP contribution >= 0.6 is 0 Å². The topological polar surface area (TPSA) is 69.8 Å². The van der Waals surface area contributed by atoms with Crippen molar-refractivity contribution in [3.05, 3.63) is 23.8 Å². The molecule has 1 aromatic rings. The first-order chi connectivity index (χ1) is 9.82. The van der Waals surface area contributed by atoms with Crippen LogP contribution in [0.2, 0.25) is 0 Å². The van der Waals surface area contributed by atoms with Crippen molar-refractivity contribution in [2.45, 2.75) is 31.3 Å². The molecule has 0 spiro atoms. The van der Waals surface area contributed by atoms with E-state index < -0.39 is 5.60 Å². The molecule has 0 aliphatic heterocycles. The summed E-state index contributed by atoms with van der Waals surface area (Å²) in [5.74, 6) is -0.0599.